The molecule has 0 aromatic carbocycles. The molecule has 1 saturated carbocycles. The Morgan fingerprint density at radius 1 is 1.40 bits per heavy atom. The molecule has 4 rings (SSSR count). The minimum atomic E-state index is -0.302. The van der Waals surface area contributed by atoms with Crippen LogP contribution in [0.5, 0.6) is 5.88 Å². The van der Waals surface area contributed by atoms with E-state index in [4.69, 9.17) is 9.47 Å². The summed E-state index contributed by atoms with van der Waals surface area (Å²) in [5.74, 6) is 0.501. The smallest absolute Gasteiger partial charge is 0.276 e. The molecule has 2 aromatic heterocycles. The maximum Gasteiger partial charge on any atom is 0.276 e. The number of pyridine rings is 1. The Morgan fingerprint density at radius 2 is 2.32 bits per heavy atom. The number of H-pyrrole nitrogens is 1. The van der Waals surface area contributed by atoms with Crippen molar-refractivity contribution in [1.29, 1.82) is 0 Å². The summed E-state index contributed by atoms with van der Waals surface area (Å²) in [5.41, 5.74) is 0.0308. The minimum absolute atomic E-state index is 0.00823. The summed E-state index contributed by atoms with van der Waals surface area (Å²) in [7, 11) is 1.73. The Bertz CT molecular complexity index is 723. The van der Waals surface area contributed by atoms with Crippen molar-refractivity contribution in [2.24, 2.45) is 0 Å². The fraction of sp³-hybridized carbons (Fsp3) is 0.529. The van der Waals surface area contributed by atoms with Gasteiger partial charge in [-0.2, -0.15) is 15.4 Å². The van der Waals surface area contributed by atoms with Gasteiger partial charge in [-0.05, 0) is 25.3 Å². The van der Waals surface area contributed by atoms with E-state index in [0.717, 1.165) is 19.3 Å². The number of nitrogens with zero attached hydrogens (tertiary/aromatic N) is 4. The summed E-state index contributed by atoms with van der Waals surface area (Å²) in [5, 5.41) is 10.2. The Labute approximate surface area is 145 Å². The van der Waals surface area contributed by atoms with Crippen LogP contribution >= 0.6 is 0 Å². The van der Waals surface area contributed by atoms with Gasteiger partial charge in [0.05, 0.1) is 17.8 Å². The number of methoxy groups -OCH3 is 1. The zero-order valence-corrected chi connectivity index (χ0v) is 14.1. The average Bonchev–Trinajstić information content (AvgIpc) is 3.30. The van der Waals surface area contributed by atoms with Gasteiger partial charge in [-0.1, -0.05) is 6.07 Å². The molecule has 25 heavy (non-hydrogen) atoms. The molecule has 0 spiro atoms. The number of hydrogen-bond donors (Lipinski definition) is 1. The Kier molecular flexibility index (Phi) is 4.12. The first-order valence-corrected chi connectivity index (χ1v) is 8.51. The summed E-state index contributed by atoms with van der Waals surface area (Å²) in [6, 6.07) is 5.58. The zero-order chi connectivity index (χ0) is 17.3. The van der Waals surface area contributed by atoms with E-state index in [2.05, 4.69) is 20.4 Å². The molecule has 0 unspecified atom stereocenters. The van der Waals surface area contributed by atoms with Gasteiger partial charge >= 0.3 is 0 Å². The minimum Gasteiger partial charge on any atom is -0.474 e. The van der Waals surface area contributed by atoms with Crippen LogP contribution in [0.1, 0.15) is 36.2 Å². The molecule has 2 aliphatic rings. The number of aromatic amines is 1. The van der Waals surface area contributed by atoms with E-state index in [1.807, 2.05) is 23.1 Å². The lowest BCUT2D eigenvalue weighted by molar-refractivity contribution is -0.0789. The second kappa shape index (κ2) is 6.44. The number of hydrogen-bond acceptors (Lipinski definition) is 6. The molecule has 3 heterocycles. The maximum absolute atomic E-state index is 12.8. The highest BCUT2D eigenvalue weighted by Crippen LogP contribution is 2.43. The molecular weight excluding hydrogens is 322 g/mol. The highest BCUT2D eigenvalue weighted by Gasteiger charge is 2.53. The maximum atomic E-state index is 12.8. The number of amides is 1. The van der Waals surface area contributed by atoms with Crippen LogP contribution in [0.2, 0.25) is 0 Å². The van der Waals surface area contributed by atoms with Crippen LogP contribution in [-0.4, -0.2) is 62.6 Å². The predicted octanol–water partition coefficient (Wildman–Crippen LogP) is 1.43. The molecule has 1 aliphatic heterocycles. The van der Waals surface area contributed by atoms with E-state index >= 15 is 0 Å². The monoisotopic (exact) mass is 343 g/mol. The van der Waals surface area contributed by atoms with Crippen molar-refractivity contribution >= 4 is 5.91 Å². The second-order valence-corrected chi connectivity index (χ2v) is 6.57. The zero-order valence-electron chi connectivity index (χ0n) is 14.1. The molecule has 0 radical (unpaired) electrons. The number of carbonyl (C=O) groups is 1. The van der Waals surface area contributed by atoms with Crippen molar-refractivity contribution in [2.75, 3.05) is 13.7 Å². The van der Waals surface area contributed by atoms with Crippen LogP contribution in [-0.2, 0) is 4.74 Å². The molecule has 8 heteroatoms. The summed E-state index contributed by atoms with van der Waals surface area (Å²) >= 11 is 0. The van der Waals surface area contributed by atoms with Crippen molar-refractivity contribution in [3.63, 3.8) is 0 Å². The molecule has 2 fully saturated rings. The van der Waals surface area contributed by atoms with Crippen LogP contribution in [0.3, 0.4) is 0 Å². The molecule has 0 bridgehead atoms. The summed E-state index contributed by atoms with van der Waals surface area (Å²) < 4.78 is 11.9. The molecule has 132 valence electrons. The molecule has 1 saturated heterocycles. The molecular formula is C17H21N5O3. The Morgan fingerprint density at radius 3 is 3.04 bits per heavy atom. The fourth-order valence-electron chi connectivity index (χ4n) is 4.05. The molecule has 1 amide bonds. The molecule has 1 aliphatic carbocycles. The molecule has 2 aromatic rings. The van der Waals surface area contributed by atoms with Gasteiger partial charge in [0.15, 0.2) is 5.69 Å². The van der Waals surface area contributed by atoms with Gasteiger partial charge in [-0.25, -0.2) is 4.98 Å². The third-order valence-corrected chi connectivity index (χ3v) is 5.36. The third-order valence-electron chi connectivity index (χ3n) is 5.36. The van der Waals surface area contributed by atoms with Gasteiger partial charge in [0.2, 0.25) is 5.88 Å². The van der Waals surface area contributed by atoms with Crippen LogP contribution < -0.4 is 4.74 Å². The van der Waals surface area contributed by atoms with Crippen LogP contribution in [0, 0.1) is 0 Å². The first-order chi connectivity index (χ1) is 12.2. The highest BCUT2D eigenvalue weighted by atomic mass is 16.5. The van der Waals surface area contributed by atoms with Crippen molar-refractivity contribution in [1.82, 2.24) is 25.3 Å². The lowest BCUT2D eigenvalue weighted by Crippen LogP contribution is -2.53. The van der Waals surface area contributed by atoms with Crippen LogP contribution in [0.4, 0.5) is 0 Å². The number of rotatable bonds is 4. The predicted molar refractivity (Wildman–Crippen MR) is 88.1 cm³/mol. The number of ether oxygens (including phenoxy) is 2. The van der Waals surface area contributed by atoms with Gasteiger partial charge in [-0.3, -0.25) is 4.79 Å². The van der Waals surface area contributed by atoms with E-state index in [9.17, 15) is 4.79 Å². The van der Waals surface area contributed by atoms with E-state index in [1.54, 1.807) is 13.3 Å². The van der Waals surface area contributed by atoms with E-state index < -0.39 is 0 Å². The lowest BCUT2D eigenvalue weighted by atomic mass is 9.79. The number of nitrogens with one attached hydrogen (secondary N) is 1. The number of likely N-dealkylation sites (tertiary alicyclic amines) is 1. The summed E-state index contributed by atoms with van der Waals surface area (Å²) in [6.07, 6.45) is 6.46. The Balaban J connectivity index is 1.53. The standard InChI is InChI=1S/C17H21N5O3/c1-24-17-6-5-12(25-15-4-2-3-8-18-15)10-14(17)22(9-7-17)16(23)13-11-19-21-20-13/h2-4,8,11-12,14H,5-7,9-10H2,1H3,(H,19,20,21)/t12-,14+,17-/m1/s1. The molecule has 3 atom stereocenters. The first kappa shape index (κ1) is 16.0. The van der Waals surface area contributed by atoms with Crippen molar-refractivity contribution < 1.29 is 14.3 Å². The summed E-state index contributed by atoms with van der Waals surface area (Å²) in [6.45, 7) is 0.653. The number of aromatic nitrogens is 4. The van der Waals surface area contributed by atoms with E-state index in [-0.39, 0.29) is 23.7 Å². The third kappa shape index (κ3) is 2.86. The van der Waals surface area contributed by atoms with Crippen molar-refractivity contribution in [3.8, 4) is 5.88 Å². The van der Waals surface area contributed by atoms with Gasteiger partial charge in [0, 0.05) is 32.3 Å². The first-order valence-electron chi connectivity index (χ1n) is 8.51. The van der Waals surface area contributed by atoms with Crippen LogP contribution in [0.15, 0.2) is 30.6 Å². The van der Waals surface area contributed by atoms with Crippen molar-refractivity contribution in [2.45, 2.75) is 43.4 Å². The van der Waals surface area contributed by atoms with Gasteiger partial charge in [-0.15, -0.1) is 0 Å². The number of carbonyl (C=O) groups excluding carboxylic acids is 1. The highest BCUT2D eigenvalue weighted by molar-refractivity contribution is 5.92. The number of fused-ring (bicyclic) bond motifs is 1. The fourth-order valence-corrected chi connectivity index (χ4v) is 4.05. The van der Waals surface area contributed by atoms with E-state index in [0.29, 0.717) is 24.5 Å². The SMILES string of the molecule is CO[C@@]12CC[C@@H](Oc3ccccn3)C[C@@H]1N(C(=O)c1cn[nH]n1)CC2. The van der Waals surface area contributed by atoms with Gasteiger partial charge < -0.3 is 14.4 Å². The average molecular weight is 343 g/mol. The molecule has 1 N–H and O–H groups in total. The summed E-state index contributed by atoms with van der Waals surface area (Å²) in [4.78, 5) is 18.9. The lowest BCUT2D eigenvalue weighted by Gasteiger charge is -2.43. The van der Waals surface area contributed by atoms with Crippen LogP contribution in [0.25, 0.3) is 0 Å². The van der Waals surface area contributed by atoms with Gasteiger partial charge in [0.25, 0.3) is 5.91 Å². The normalized spacial score (nSPS) is 28.6. The second-order valence-electron chi connectivity index (χ2n) is 6.57. The topological polar surface area (TPSA) is 93.2 Å². The molecule has 8 nitrogen and oxygen atoms in total. The largest absolute Gasteiger partial charge is 0.474 e. The quantitative estimate of drug-likeness (QED) is 0.903. The van der Waals surface area contributed by atoms with E-state index in [1.165, 1.54) is 6.20 Å². The van der Waals surface area contributed by atoms with Crippen molar-refractivity contribution in [3.05, 3.63) is 36.3 Å². The van der Waals surface area contributed by atoms with Gasteiger partial charge in [0.1, 0.15) is 6.10 Å². The Hall–Kier alpha value is -2.48.